The average molecular weight is 423 g/mol. The number of benzene rings is 1. The fraction of sp³-hybridized carbons (Fsp3) is 0.391. The second kappa shape index (κ2) is 9.89. The van der Waals surface area contributed by atoms with Gasteiger partial charge in [0.2, 0.25) is 0 Å². The van der Waals surface area contributed by atoms with Crippen molar-refractivity contribution in [1.82, 2.24) is 25.4 Å². The van der Waals surface area contributed by atoms with E-state index in [0.29, 0.717) is 25.5 Å². The zero-order valence-corrected chi connectivity index (χ0v) is 17.8. The third-order valence-electron chi connectivity index (χ3n) is 5.32. The molecular formula is C23H27FN6O. The Labute approximate surface area is 181 Å². The molecule has 2 aromatic heterocycles. The van der Waals surface area contributed by atoms with Gasteiger partial charge in [-0.25, -0.2) is 14.4 Å². The number of nitrogens with zero attached hydrogens (tertiary/aromatic N) is 5. The summed E-state index contributed by atoms with van der Waals surface area (Å²) in [5.41, 5.74) is 5.90. The Balaban J connectivity index is 1.53. The summed E-state index contributed by atoms with van der Waals surface area (Å²) in [6, 6.07) is 8.95. The van der Waals surface area contributed by atoms with E-state index in [9.17, 15) is 4.39 Å². The van der Waals surface area contributed by atoms with Gasteiger partial charge in [-0.15, -0.1) is 0 Å². The maximum absolute atomic E-state index is 13.3. The molecule has 0 spiro atoms. The fourth-order valence-electron chi connectivity index (χ4n) is 3.61. The van der Waals surface area contributed by atoms with Crippen molar-refractivity contribution in [2.75, 3.05) is 24.6 Å². The second-order valence-corrected chi connectivity index (χ2v) is 7.82. The lowest BCUT2D eigenvalue weighted by atomic mass is 9.97. The van der Waals surface area contributed by atoms with Crippen LogP contribution in [0.15, 0.2) is 48.9 Å². The molecule has 0 amide bonds. The van der Waals surface area contributed by atoms with Crippen molar-refractivity contribution < 1.29 is 9.23 Å². The van der Waals surface area contributed by atoms with Crippen LogP contribution in [-0.2, 0) is 17.7 Å². The van der Waals surface area contributed by atoms with Crippen molar-refractivity contribution in [2.45, 2.75) is 38.6 Å². The Morgan fingerprint density at radius 2 is 1.97 bits per heavy atom. The van der Waals surface area contributed by atoms with Gasteiger partial charge in [0.15, 0.2) is 0 Å². The van der Waals surface area contributed by atoms with Gasteiger partial charge in [0.1, 0.15) is 17.5 Å². The summed E-state index contributed by atoms with van der Waals surface area (Å²) in [5, 5.41) is 0. The van der Waals surface area contributed by atoms with E-state index in [1.165, 1.54) is 12.1 Å². The van der Waals surface area contributed by atoms with Crippen molar-refractivity contribution in [3.05, 3.63) is 77.5 Å². The van der Waals surface area contributed by atoms with E-state index < -0.39 is 0 Å². The molecule has 0 aliphatic carbocycles. The Morgan fingerprint density at radius 3 is 2.68 bits per heavy atom. The summed E-state index contributed by atoms with van der Waals surface area (Å²) in [6.07, 6.45) is 6.37. The molecule has 0 saturated carbocycles. The van der Waals surface area contributed by atoms with Crippen LogP contribution in [-0.4, -0.2) is 45.7 Å². The first-order valence-electron chi connectivity index (χ1n) is 10.6. The van der Waals surface area contributed by atoms with Crippen LogP contribution in [0.2, 0.25) is 0 Å². The molecule has 1 fully saturated rings. The third-order valence-corrected chi connectivity index (χ3v) is 5.32. The lowest BCUT2D eigenvalue weighted by Crippen LogP contribution is -2.58. The summed E-state index contributed by atoms with van der Waals surface area (Å²) in [5.74, 6) is 1.62. The minimum atomic E-state index is -0.228. The SMILES string of the molecule is CCONC1CN(c2cc(Cc3cnccn3)nc(C[C@@H](C)c3ccc(F)cc3)n2)C1. The van der Waals surface area contributed by atoms with Gasteiger partial charge in [0.05, 0.1) is 24.0 Å². The van der Waals surface area contributed by atoms with Crippen LogP contribution in [0.1, 0.15) is 42.5 Å². The number of nitrogens with one attached hydrogen (secondary N) is 1. The highest BCUT2D eigenvalue weighted by atomic mass is 19.1. The molecule has 0 unspecified atom stereocenters. The molecule has 4 rings (SSSR count). The topological polar surface area (TPSA) is 76.1 Å². The zero-order valence-electron chi connectivity index (χ0n) is 17.8. The van der Waals surface area contributed by atoms with Crippen LogP contribution < -0.4 is 10.4 Å². The lowest BCUT2D eigenvalue weighted by molar-refractivity contribution is 0.0174. The summed E-state index contributed by atoms with van der Waals surface area (Å²) in [4.78, 5) is 25.7. The Bertz CT molecular complexity index is 979. The lowest BCUT2D eigenvalue weighted by Gasteiger charge is -2.40. The number of halogens is 1. The van der Waals surface area contributed by atoms with Gasteiger partial charge in [0.25, 0.3) is 0 Å². The van der Waals surface area contributed by atoms with E-state index in [2.05, 4.69) is 27.3 Å². The number of rotatable bonds is 9. The third kappa shape index (κ3) is 5.59. The highest BCUT2D eigenvalue weighted by molar-refractivity contribution is 5.44. The molecule has 1 saturated heterocycles. The summed E-state index contributed by atoms with van der Waals surface area (Å²) in [6.45, 7) is 6.36. The van der Waals surface area contributed by atoms with E-state index in [-0.39, 0.29) is 11.7 Å². The quantitative estimate of drug-likeness (QED) is 0.531. The molecule has 31 heavy (non-hydrogen) atoms. The first kappa shape index (κ1) is 21.3. The van der Waals surface area contributed by atoms with Gasteiger partial charge in [0, 0.05) is 50.6 Å². The Morgan fingerprint density at radius 1 is 1.16 bits per heavy atom. The van der Waals surface area contributed by atoms with E-state index >= 15 is 0 Å². The highest BCUT2D eigenvalue weighted by Gasteiger charge is 2.28. The molecule has 0 radical (unpaired) electrons. The van der Waals surface area contributed by atoms with Crippen molar-refractivity contribution in [2.24, 2.45) is 0 Å². The van der Waals surface area contributed by atoms with Crippen LogP contribution in [0, 0.1) is 5.82 Å². The number of hydrogen-bond acceptors (Lipinski definition) is 7. The summed E-state index contributed by atoms with van der Waals surface area (Å²) < 4.78 is 13.3. The number of aromatic nitrogens is 4. The number of anilines is 1. The predicted octanol–water partition coefficient (Wildman–Crippen LogP) is 3.07. The molecule has 3 aromatic rings. The maximum Gasteiger partial charge on any atom is 0.132 e. The summed E-state index contributed by atoms with van der Waals surface area (Å²) >= 11 is 0. The molecule has 1 aliphatic heterocycles. The van der Waals surface area contributed by atoms with Crippen LogP contribution in [0.25, 0.3) is 0 Å². The van der Waals surface area contributed by atoms with E-state index in [1.807, 2.05) is 25.1 Å². The average Bonchev–Trinajstić information content (AvgIpc) is 2.74. The first-order valence-corrected chi connectivity index (χ1v) is 10.6. The molecule has 1 aliphatic rings. The van der Waals surface area contributed by atoms with Crippen molar-refractivity contribution >= 4 is 5.82 Å². The monoisotopic (exact) mass is 422 g/mol. The van der Waals surface area contributed by atoms with Crippen LogP contribution >= 0.6 is 0 Å². The van der Waals surface area contributed by atoms with Gasteiger partial charge in [-0.3, -0.25) is 9.97 Å². The van der Waals surface area contributed by atoms with Gasteiger partial charge < -0.3 is 9.74 Å². The normalized spacial score (nSPS) is 15.0. The van der Waals surface area contributed by atoms with Crippen LogP contribution in [0.3, 0.4) is 0 Å². The van der Waals surface area contributed by atoms with Crippen LogP contribution in [0.4, 0.5) is 10.2 Å². The second-order valence-electron chi connectivity index (χ2n) is 7.82. The van der Waals surface area contributed by atoms with Crippen molar-refractivity contribution in [3.8, 4) is 0 Å². The first-order chi connectivity index (χ1) is 15.1. The van der Waals surface area contributed by atoms with Crippen LogP contribution in [0.5, 0.6) is 0 Å². The van der Waals surface area contributed by atoms with Gasteiger partial charge >= 0.3 is 0 Å². The summed E-state index contributed by atoms with van der Waals surface area (Å²) in [7, 11) is 0. The minimum absolute atomic E-state index is 0.170. The Kier molecular flexibility index (Phi) is 6.79. The molecular weight excluding hydrogens is 395 g/mol. The molecule has 162 valence electrons. The number of hydrogen-bond donors (Lipinski definition) is 1. The molecule has 8 heteroatoms. The van der Waals surface area contributed by atoms with E-state index in [4.69, 9.17) is 14.8 Å². The minimum Gasteiger partial charge on any atom is -0.353 e. The Hall–Kier alpha value is -2.97. The van der Waals surface area contributed by atoms with Crippen molar-refractivity contribution in [1.29, 1.82) is 0 Å². The highest BCUT2D eigenvalue weighted by Crippen LogP contribution is 2.24. The van der Waals surface area contributed by atoms with Gasteiger partial charge in [-0.2, -0.15) is 5.48 Å². The fourth-order valence-corrected chi connectivity index (χ4v) is 3.61. The number of hydroxylamine groups is 1. The van der Waals surface area contributed by atoms with Gasteiger partial charge in [-0.05, 0) is 30.5 Å². The zero-order chi connectivity index (χ0) is 21.6. The molecule has 1 aromatic carbocycles. The standard InChI is InChI=1S/C23H27FN6O/c1-3-31-29-21-14-30(15-21)23-12-19(11-20-13-25-8-9-26-20)27-22(28-23)10-16(2)17-4-6-18(24)7-5-17/h4-9,12-13,16,21,29H,3,10-11,14-15H2,1-2H3/t16-/m1/s1. The molecule has 3 heterocycles. The largest absolute Gasteiger partial charge is 0.353 e. The molecule has 1 atom stereocenters. The van der Waals surface area contributed by atoms with E-state index in [1.54, 1.807) is 18.6 Å². The molecule has 0 bridgehead atoms. The smallest absolute Gasteiger partial charge is 0.132 e. The van der Waals surface area contributed by atoms with E-state index in [0.717, 1.165) is 41.7 Å². The molecule has 7 nitrogen and oxygen atoms in total. The predicted molar refractivity (Wildman–Crippen MR) is 116 cm³/mol. The molecule has 1 N–H and O–H groups in total. The van der Waals surface area contributed by atoms with Crippen molar-refractivity contribution in [3.63, 3.8) is 0 Å². The van der Waals surface area contributed by atoms with Gasteiger partial charge in [-0.1, -0.05) is 19.1 Å². The maximum atomic E-state index is 13.3.